The summed E-state index contributed by atoms with van der Waals surface area (Å²) in [6, 6.07) is 0. The fourth-order valence-corrected chi connectivity index (χ4v) is 4.17. The van der Waals surface area contributed by atoms with Crippen LogP contribution in [0, 0.1) is 0 Å². The van der Waals surface area contributed by atoms with Gasteiger partial charge in [0.1, 0.15) is 0 Å². The zero-order valence-electron chi connectivity index (χ0n) is 15.8. The van der Waals surface area contributed by atoms with E-state index in [-0.39, 0.29) is 26.6 Å². The first kappa shape index (κ1) is 25.0. The van der Waals surface area contributed by atoms with Gasteiger partial charge >= 0.3 is 109 Å². The maximum absolute atomic E-state index is 11.1. The molecule has 0 spiro atoms. The first-order valence-electron chi connectivity index (χ1n) is 10.0. The Kier molecular flexibility index (Phi) is 19.6. The van der Waals surface area contributed by atoms with E-state index in [0.717, 1.165) is 12.8 Å². The van der Waals surface area contributed by atoms with Crippen LogP contribution in [-0.4, -0.2) is 11.5 Å². The van der Waals surface area contributed by atoms with Gasteiger partial charge in [-0.05, 0) is 0 Å². The number of unbranched alkanes of at least 4 members (excludes halogenated alkanes) is 15. The standard InChI is InChI=1S/C18H39O4P.Hg/c1-2-3-4-5-6-7-8-9-10-11-12-13-14-15-16-17-18-22-23(19,20)21;/h2-18H2,1H3,(H2,19,20,21);/q;+1/p-1. The maximum atomic E-state index is 11.1. The van der Waals surface area contributed by atoms with Crippen LogP contribution in [0.2, 0.25) is 0 Å². The molecule has 0 amide bonds. The van der Waals surface area contributed by atoms with Crippen molar-refractivity contribution in [3.05, 3.63) is 0 Å². The summed E-state index contributed by atoms with van der Waals surface area (Å²) in [5.74, 6) is 0. The molecule has 6 heteroatoms. The van der Waals surface area contributed by atoms with Crippen molar-refractivity contribution >= 4 is 7.82 Å². The first-order chi connectivity index (χ1) is 11.6. The summed E-state index contributed by atoms with van der Waals surface area (Å²) < 4.78 is 20.5. The molecule has 0 fully saturated rings. The van der Waals surface area contributed by atoms with Crippen LogP contribution in [0.1, 0.15) is 110 Å². The summed E-state index contributed by atoms with van der Waals surface area (Å²) in [5.41, 5.74) is 0. The van der Waals surface area contributed by atoms with Gasteiger partial charge in [0.05, 0.1) is 0 Å². The second-order valence-electron chi connectivity index (χ2n) is 6.73. The number of phosphoric ester groups is 1. The van der Waals surface area contributed by atoms with Crippen molar-refractivity contribution in [3.8, 4) is 0 Å². The summed E-state index contributed by atoms with van der Waals surface area (Å²) in [5, 5.41) is 0. The molecule has 4 nitrogen and oxygen atoms in total. The quantitative estimate of drug-likeness (QED) is 0.109. The van der Waals surface area contributed by atoms with E-state index in [2.05, 4.69) is 9.35 Å². The van der Waals surface area contributed by atoms with E-state index in [1.807, 2.05) is 0 Å². The first-order valence-corrected chi connectivity index (χ1v) is 13.8. The number of phosphoric acid groups is 1. The van der Waals surface area contributed by atoms with Gasteiger partial charge < -0.3 is 0 Å². The van der Waals surface area contributed by atoms with Gasteiger partial charge in [0.25, 0.3) is 0 Å². The topological polar surface area (TPSA) is 55.8 Å². The predicted octanol–water partition coefficient (Wildman–Crippen LogP) is 6.84. The van der Waals surface area contributed by atoms with E-state index in [0.29, 0.717) is 6.61 Å². The van der Waals surface area contributed by atoms with Gasteiger partial charge in [0.15, 0.2) is 0 Å². The van der Waals surface area contributed by atoms with Crippen molar-refractivity contribution in [3.63, 3.8) is 0 Å². The van der Waals surface area contributed by atoms with E-state index in [4.69, 9.17) is 9.42 Å². The minimum atomic E-state index is -3.68. The molecule has 0 aromatic rings. The zero-order valence-corrected chi connectivity index (χ0v) is 22.2. The van der Waals surface area contributed by atoms with Crippen molar-refractivity contribution in [2.24, 2.45) is 0 Å². The Hall–Kier alpha value is 1.05. The van der Waals surface area contributed by atoms with Crippen molar-refractivity contribution in [2.75, 3.05) is 6.61 Å². The molecule has 0 aromatic carbocycles. The van der Waals surface area contributed by atoms with E-state index in [1.54, 1.807) is 0 Å². The molecule has 0 saturated carbocycles. The van der Waals surface area contributed by atoms with Crippen LogP contribution in [0.3, 0.4) is 0 Å². The molecule has 0 aliphatic rings. The molecule has 1 unspecified atom stereocenters. The third-order valence-electron chi connectivity index (χ3n) is 4.42. The number of rotatable bonds is 19. The zero-order chi connectivity index (χ0) is 17.9. The van der Waals surface area contributed by atoms with E-state index >= 15 is 0 Å². The number of hydrogen-bond acceptors (Lipinski definition) is 3. The average molecular weight is 550 g/mol. The monoisotopic (exact) mass is 551 g/mol. The average Bonchev–Trinajstić information content (AvgIpc) is 2.57. The van der Waals surface area contributed by atoms with E-state index in [9.17, 15) is 4.57 Å². The van der Waals surface area contributed by atoms with Crippen molar-refractivity contribution in [2.45, 2.75) is 110 Å². The van der Waals surface area contributed by atoms with Gasteiger partial charge in [0, 0.05) is 0 Å². The molecule has 0 saturated heterocycles. The van der Waals surface area contributed by atoms with Gasteiger partial charge in [-0.3, -0.25) is 0 Å². The fourth-order valence-electron chi connectivity index (χ4n) is 2.87. The Morgan fingerprint density at radius 2 is 1.04 bits per heavy atom. The summed E-state index contributed by atoms with van der Waals surface area (Å²) >= 11 is -0.153. The summed E-state index contributed by atoms with van der Waals surface area (Å²) in [7, 11) is -3.68. The molecule has 0 rings (SSSR count). The number of hydrogen-bond donors (Lipinski definition) is 1. The van der Waals surface area contributed by atoms with Gasteiger partial charge in [0.2, 0.25) is 0 Å². The van der Waals surface area contributed by atoms with Crippen LogP contribution < -0.4 is 0 Å². The van der Waals surface area contributed by atoms with Crippen LogP contribution in [0.5, 0.6) is 0 Å². The Balaban J connectivity index is 3.06. The van der Waals surface area contributed by atoms with Gasteiger partial charge in [-0.25, -0.2) is 0 Å². The van der Waals surface area contributed by atoms with Crippen LogP contribution in [0.25, 0.3) is 0 Å². The van der Waals surface area contributed by atoms with E-state index < -0.39 is 7.82 Å². The van der Waals surface area contributed by atoms with Gasteiger partial charge in [-0.2, -0.15) is 0 Å². The predicted molar refractivity (Wildman–Crippen MR) is 96.4 cm³/mol. The van der Waals surface area contributed by atoms with Crippen molar-refractivity contribution in [1.82, 2.24) is 0 Å². The molecular formula is C18H38HgO4P. The van der Waals surface area contributed by atoms with Crippen LogP contribution in [0.4, 0.5) is 0 Å². The van der Waals surface area contributed by atoms with Crippen molar-refractivity contribution in [1.29, 1.82) is 0 Å². The summed E-state index contributed by atoms with van der Waals surface area (Å²) in [4.78, 5) is 9.11. The molecule has 1 atom stereocenters. The molecule has 0 heterocycles. The SMILES string of the molecule is CCCCCCCCCCCCCCCCCCOP(=O)(O)[O][Hg]. The molecular weight excluding hydrogens is 512 g/mol. The molecule has 0 radical (unpaired) electrons. The molecule has 0 aromatic heterocycles. The molecule has 141 valence electrons. The molecule has 0 aliphatic carbocycles. The van der Waals surface area contributed by atoms with Crippen molar-refractivity contribution < 1.29 is 43.0 Å². The molecule has 1 N–H and O–H groups in total. The Bertz CT molecular complexity index is 303. The molecule has 24 heavy (non-hydrogen) atoms. The minimum absolute atomic E-state index is 0.153. The van der Waals surface area contributed by atoms with Crippen LogP contribution in [-0.2, 0) is 38.1 Å². The normalized spacial score (nSPS) is 14.0. The van der Waals surface area contributed by atoms with E-state index in [1.165, 1.54) is 89.9 Å². The van der Waals surface area contributed by atoms with Gasteiger partial charge in [-0.15, -0.1) is 0 Å². The third-order valence-corrected chi connectivity index (χ3v) is 9.06. The van der Waals surface area contributed by atoms with Crippen LogP contribution in [0.15, 0.2) is 0 Å². The Morgan fingerprint density at radius 3 is 1.38 bits per heavy atom. The second kappa shape index (κ2) is 18.8. The summed E-state index contributed by atoms with van der Waals surface area (Å²) in [6.07, 6.45) is 21.2. The second-order valence-corrected chi connectivity index (χ2v) is 11.2. The Labute approximate surface area is 166 Å². The van der Waals surface area contributed by atoms with Gasteiger partial charge in [-0.1, -0.05) is 58.3 Å². The fraction of sp³-hybridized carbons (Fsp3) is 1.00. The third kappa shape index (κ3) is 19.4. The summed E-state index contributed by atoms with van der Waals surface area (Å²) in [6.45, 7) is 2.61. The van der Waals surface area contributed by atoms with Crippen LogP contribution >= 0.6 is 7.82 Å². The molecule has 0 bridgehead atoms. The Morgan fingerprint density at radius 1 is 0.708 bits per heavy atom. The molecule has 0 aliphatic heterocycles.